The summed E-state index contributed by atoms with van der Waals surface area (Å²) in [6, 6.07) is 18.0. The molecule has 0 aliphatic carbocycles. The average molecular weight is 395 g/mol. The summed E-state index contributed by atoms with van der Waals surface area (Å²) in [5, 5.41) is 3.04. The summed E-state index contributed by atoms with van der Waals surface area (Å²) in [4.78, 5) is 26.6. The number of rotatable bonds is 8. The van der Waals surface area contributed by atoms with Crippen molar-refractivity contribution in [1.29, 1.82) is 0 Å². The first kappa shape index (κ1) is 20.9. The maximum Gasteiger partial charge on any atom is 0.258 e. The van der Waals surface area contributed by atoms with Crippen molar-refractivity contribution in [3.05, 3.63) is 65.7 Å². The topological polar surface area (TPSA) is 58.6 Å². The van der Waals surface area contributed by atoms with Gasteiger partial charge in [0.25, 0.3) is 5.91 Å². The SMILES string of the molecule is CCc1ccccc1OCC(=O)NC1CCN(C(=O)CCc2ccccc2)CC1. The Morgan fingerprint density at radius 1 is 1.03 bits per heavy atom. The molecule has 1 aliphatic rings. The van der Waals surface area contributed by atoms with Crippen molar-refractivity contribution in [2.24, 2.45) is 0 Å². The molecule has 3 rings (SSSR count). The van der Waals surface area contributed by atoms with E-state index in [0.29, 0.717) is 19.5 Å². The van der Waals surface area contributed by atoms with Gasteiger partial charge in [-0.05, 0) is 42.9 Å². The van der Waals surface area contributed by atoms with Crippen LogP contribution < -0.4 is 10.1 Å². The number of aryl methyl sites for hydroxylation is 2. The standard InChI is InChI=1S/C24H30N2O3/c1-2-20-10-6-7-11-22(20)29-18-23(27)25-21-14-16-26(17-15-21)24(28)13-12-19-8-4-3-5-9-19/h3-11,21H,2,12-18H2,1H3,(H,25,27). The highest BCUT2D eigenvalue weighted by Crippen LogP contribution is 2.18. The molecule has 5 heteroatoms. The molecule has 2 aromatic carbocycles. The van der Waals surface area contributed by atoms with Crippen LogP contribution >= 0.6 is 0 Å². The van der Waals surface area contributed by atoms with E-state index in [9.17, 15) is 9.59 Å². The molecule has 0 radical (unpaired) electrons. The molecule has 2 aromatic rings. The number of carbonyl (C=O) groups is 2. The van der Waals surface area contributed by atoms with Crippen LogP contribution in [0.3, 0.4) is 0 Å². The third-order valence-corrected chi connectivity index (χ3v) is 5.40. The Bertz CT molecular complexity index is 799. The number of nitrogens with one attached hydrogen (secondary N) is 1. The molecular weight excluding hydrogens is 364 g/mol. The van der Waals surface area contributed by atoms with Crippen molar-refractivity contribution in [2.45, 2.75) is 45.1 Å². The maximum absolute atomic E-state index is 12.4. The predicted octanol–water partition coefficient (Wildman–Crippen LogP) is 3.37. The van der Waals surface area contributed by atoms with E-state index in [-0.39, 0.29) is 24.5 Å². The minimum Gasteiger partial charge on any atom is -0.483 e. The molecule has 1 saturated heterocycles. The lowest BCUT2D eigenvalue weighted by molar-refractivity contribution is -0.132. The van der Waals surface area contributed by atoms with E-state index in [1.165, 1.54) is 5.56 Å². The van der Waals surface area contributed by atoms with Crippen LogP contribution in [0.25, 0.3) is 0 Å². The van der Waals surface area contributed by atoms with Crippen LogP contribution in [-0.4, -0.2) is 42.5 Å². The molecule has 29 heavy (non-hydrogen) atoms. The largest absolute Gasteiger partial charge is 0.483 e. The molecule has 1 fully saturated rings. The molecule has 1 heterocycles. The molecule has 0 spiro atoms. The van der Waals surface area contributed by atoms with E-state index in [0.717, 1.165) is 37.0 Å². The number of hydrogen-bond donors (Lipinski definition) is 1. The van der Waals surface area contributed by atoms with E-state index in [1.807, 2.05) is 47.4 Å². The number of amides is 2. The highest BCUT2D eigenvalue weighted by molar-refractivity contribution is 5.78. The van der Waals surface area contributed by atoms with Gasteiger partial charge in [-0.25, -0.2) is 0 Å². The van der Waals surface area contributed by atoms with Crippen LogP contribution in [0.2, 0.25) is 0 Å². The Morgan fingerprint density at radius 2 is 1.72 bits per heavy atom. The molecule has 2 amide bonds. The second-order valence-corrected chi connectivity index (χ2v) is 7.46. The Balaban J connectivity index is 1.36. The summed E-state index contributed by atoms with van der Waals surface area (Å²) in [6.07, 6.45) is 3.75. The second-order valence-electron chi connectivity index (χ2n) is 7.46. The van der Waals surface area contributed by atoms with Crippen LogP contribution in [0.5, 0.6) is 5.75 Å². The molecule has 1 aliphatic heterocycles. The van der Waals surface area contributed by atoms with Gasteiger partial charge in [0.05, 0.1) is 0 Å². The Labute approximate surface area is 173 Å². The van der Waals surface area contributed by atoms with Gasteiger partial charge >= 0.3 is 0 Å². The van der Waals surface area contributed by atoms with Crippen LogP contribution in [-0.2, 0) is 22.4 Å². The van der Waals surface area contributed by atoms with Crippen LogP contribution in [0.4, 0.5) is 0 Å². The normalized spacial score (nSPS) is 14.4. The summed E-state index contributed by atoms with van der Waals surface area (Å²) in [5.74, 6) is 0.854. The van der Waals surface area contributed by atoms with Crippen molar-refractivity contribution in [1.82, 2.24) is 10.2 Å². The summed E-state index contributed by atoms with van der Waals surface area (Å²) in [5.41, 5.74) is 2.29. The quantitative estimate of drug-likeness (QED) is 0.747. The van der Waals surface area contributed by atoms with E-state index < -0.39 is 0 Å². The minimum atomic E-state index is -0.107. The zero-order valence-electron chi connectivity index (χ0n) is 17.1. The minimum absolute atomic E-state index is 0.0211. The van der Waals surface area contributed by atoms with Crippen LogP contribution in [0.1, 0.15) is 37.3 Å². The zero-order chi connectivity index (χ0) is 20.5. The molecule has 5 nitrogen and oxygen atoms in total. The third kappa shape index (κ3) is 6.34. The molecule has 154 valence electrons. The summed E-state index contributed by atoms with van der Waals surface area (Å²) in [6.45, 7) is 3.47. The molecular formula is C24H30N2O3. The lowest BCUT2D eigenvalue weighted by atomic mass is 10.0. The fourth-order valence-electron chi connectivity index (χ4n) is 3.68. The number of piperidine rings is 1. The first-order valence-corrected chi connectivity index (χ1v) is 10.5. The fourth-order valence-corrected chi connectivity index (χ4v) is 3.68. The first-order valence-electron chi connectivity index (χ1n) is 10.5. The molecule has 0 atom stereocenters. The van der Waals surface area contributed by atoms with E-state index in [2.05, 4.69) is 24.4 Å². The summed E-state index contributed by atoms with van der Waals surface area (Å²) >= 11 is 0. The Hall–Kier alpha value is -2.82. The number of nitrogens with zero attached hydrogens (tertiary/aromatic N) is 1. The summed E-state index contributed by atoms with van der Waals surface area (Å²) < 4.78 is 5.69. The zero-order valence-corrected chi connectivity index (χ0v) is 17.1. The summed E-state index contributed by atoms with van der Waals surface area (Å²) in [7, 11) is 0. The molecule has 0 aromatic heterocycles. The Morgan fingerprint density at radius 3 is 2.45 bits per heavy atom. The first-order chi connectivity index (χ1) is 14.2. The molecule has 1 N–H and O–H groups in total. The van der Waals surface area contributed by atoms with E-state index >= 15 is 0 Å². The molecule has 0 unspecified atom stereocenters. The lowest BCUT2D eigenvalue weighted by Crippen LogP contribution is -2.47. The van der Waals surface area contributed by atoms with Gasteiger partial charge in [0.2, 0.25) is 5.91 Å². The molecule has 0 bridgehead atoms. The average Bonchev–Trinajstić information content (AvgIpc) is 2.77. The lowest BCUT2D eigenvalue weighted by Gasteiger charge is -2.32. The van der Waals surface area contributed by atoms with Crippen molar-refractivity contribution in [3.8, 4) is 5.75 Å². The molecule has 0 saturated carbocycles. The van der Waals surface area contributed by atoms with Crippen molar-refractivity contribution in [2.75, 3.05) is 19.7 Å². The van der Waals surface area contributed by atoms with Gasteiger partial charge < -0.3 is 15.0 Å². The number of likely N-dealkylation sites (tertiary alicyclic amines) is 1. The number of benzene rings is 2. The van der Waals surface area contributed by atoms with Crippen molar-refractivity contribution < 1.29 is 14.3 Å². The maximum atomic E-state index is 12.4. The second kappa shape index (κ2) is 10.6. The Kier molecular flexibility index (Phi) is 7.68. The van der Waals surface area contributed by atoms with Crippen molar-refractivity contribution in [3.63, 3.8) is 0 Å². The van der Waals surface area contributed by atoms with E-state index in [1.54, 1.807) is 0 Å². The van der Waals surface area contributed by atoms with Gasteiger partial charge in [0.1, 0.15) is 5.75 Å². The number of hydrogen-bond acceptors (Lipinski definition) is 3. The van der Waals surface area contributed by atoms with Gasteiger partial charge in [-0.15, -0.1) is 0 Å². The van der Waals surface area contributed by atoms with Gasteiger partial charge in [-0.2, -0.15) is 0 Å². The number of ether oxygens (including phenoxy) is 1. The smallest absolute Gasteiger partial charge is 0.258 e. The van der Waals surface area contributed by atoms with E-state index in [4.69, 9.17) is 4.74 Å². The monoisotopic (exact) mass is 394 g/mol. The van der Waals surface area contributed by atoms with Gasteiger partial charge in [0, 0.05) is 25.6 Å². The third-order valence-electron chi connectivity index (χ3n) is 5.40. The highest BCUT2D eigenvalue weighted by atomic mass is 16.5. The van der Waals surface area contributed by atoms with Gasteiger partial charge in [-0.3, -0.25) is 9.59 Å². The highest BCUT2D eigenvalue weighted by Gasteiger charge is 2.23. The van der Waals surface area contributed by atoms with Crippen molar-refractivity contribution >= 4 is 11.8 Å². The number of para-hydroxylation sites is 1. The van der Waals surface area contributed by atoms with Gasteiger partial charge in [0.15, 0.2) is 6.61 Å². The number of carbonyl (C=O) groups excluding carboxylic acids is 2. The van der Waals surface area contributed by atoms with Gasteiger partial charge in [-0.1, -0.05) is 55.5 Å². The predicted molar refractivity (Wildman–Crippen MR) is 114 cm³/mol. The fraction of sp³-hybridized carbons (Fsp3) is 0.417. The van der Waals surface area contributed by atoms with Crippen LogP contribution in [0, 0.1) is 0 Å². The van der Waals surface area contributed by atoms with Crippen LogP contribution in [0.15, 0.2) is 54.6 Å².